The molecule has 1 amide bonds. The Balaban J connectivity index is 1.20. The number of anilines is 1. The number of hydrogen-bond donors (Lipinski definition) is 3. The molecule has 0 unspecified atom stereocenters. The molecule has 0 radical (unpaired) electrons. The Kier molecular flexibility index (Phi) is 7.68. The molecule has 0 saturated carbocycles. The number of benzene rings is 2. The van der Waals surface area contributed by atoms with Crippen LogP contribution in [0, 0.1) is 11.7 Å². The Morgan fingerprint density at radius 2 is 1.91 bits per heavy atom. The van der Waals surface area contributed by atoms with Gasteiger partial charge < -0.3 is 15.0 Å². The summed E-state index contributed by atoms with van der Waals surface area (Å²) < 4.78 is 20.7. The molecular formula is C34H33FN8O2. The fraction of sp³-hybridized carbons (Fsp3) is 0.265. The normalized spacial score (nSPS) is 13.7. The predicted octanol–water partition coefficient (Wildman–Crippen LogP) is 6.44. The van der Waals surface area contributed by atoms with E-state index in [9.17, 15) is 9.18 Å². The molecule has 3 N–H and O–H groups in total. The lowest BCUT2D eigenvalue weighted by molar-refractivity contribution is -0.118. The number of H-pyrrole nitrogens is 2. The van der Waals surface area contributed by atoms with Crippen LogP contribution in [0.15, 0.2) is 67.1 Å². The van der Waals surface area contributed by atoms with Crippen LogP contribution in [0.25, 0.3) is 55.8 Å². The molecule has 0 bridgehead atoms. The quantitative estimate of drug-likeness (QED) is 0.174. The van der Waals surface area contributed by atoms with E-state index in [0.29, 0.717) is 46.3 Å². The molecule has 45 heavy (non-hydrogen) atoms. The number of hydrogen-bond acceptors (Lipinski definition) is 7. The third-order valence-electron chi connectivity index (χ3n) is 8.07. The smallest absolute Gasteiger partial charge is 0.226 e. The first-order valence-electron chi connectivity index (χ1n) is 15.2. The van der Waals surface area contributed by atoms with E-state index in [-0.39, 0.29) is 17.6 Å². The minimum atomic E-state index is -0.364. The number of fused-ring (bicyclic) bond motifs is 2. The van der Waals surface area contributed by atoms with Crippen molar-refractivity contribution in [3.8, 4) is 39.7 Å². The van der Waals surface area contributed by atoms with Crippen molar-refractivity contribution in [2.75, 3.05) is 31.6 Å². The number of carbonyl (C=O) groups excluding carboxylic acids is 1. The standard InChI is InChI=1S/C34H33FN8O2/c1-20(2)34(44)38-24-13-22(17-36-18-24)29-16-27-30(19-37-29)41-42-32(27)33-39-28-7-5-6-26(31(28)40-33)21-12-23(35)15-25(14-21)45-11-10-43-8-3-4-9-43/h5-7,12-20H,3-4,8-11H2,1-2H3,(H,38,44)(H,39,40)(H,41,42). The van der Waals surface area contributed by atoms with Crippen molar-refractivity contribution in [1.82, 2.24) is 35.0 Å². The van der Waals surface area contributed by atoms with E-state index in [0.717, 1.165) is 47.2 Å². The van der Waals surface area contributed by atoms with Gasteiger partial charge in [0.2, 0.25) is 5.91 Å². The number of nitrogens with one attached hydrogen (secondary N) is 3. The van der Waals surface area contributed by atoms with Gasteiger partial charge in [-0.2, -0.15) is 5.10 Å². The highest BCUT2D eigenvalue weighted by Crippen LogP contribution is 2.34. The summed E-state index contributed by atoms with van der Waals surface area (Å²) in [5.41, 5.74) is 6.36. The van der Waals surface area contributed by atoms with Crippen LogP contribution in [-0.4, -0.2) is 67.2 Å². The second kappa shape index (κ2) is 12.1. The van der Waals surface area contributed by atoms with Crippen LogP contribution in [0.5, 0.6) is 5.75 Å². The first-order valence-corrected chi connectivity index (χ1v) is 15.2. The monoisotopic (exact) mass is 604 g/mol. The fourth-order valence-electron chi connectivity index (χ4n) is 5.67. The van der Waals surface area contributed by atoms with Gasteiger partial charge in [-0.1, -0.05) is 26.0 Å². The Morgan fingerprint density at radius 1 is 1.04 bits per heavy atom. The summed E-state index contributed by atoms with van der Waals surface area (Å²) in [6, 6.07) is 14.3. The molecule has 2 aromatic carbocycles. The zero-order chi connectivity index (χ0) is 30.9. The molecule has 0 atom stereocenters. The second-order valence-corrected chi connectivity index (χ2v) is 11.7. The summed E-state index contributed by atoms with van der Waals surface area (Å²) >= 11 is 0. The van der Waals surface area contributed by atoms with E-state index in [4.69, 9.17) is 9.72 Å². The highest BCUT2D eigenvalue weighted by atomic mass is 19.1. The minimum Gasteiger partial charge on any atom is -0.492 e. The van der Waals surface area contributed by atoms with Crippen LogP contribution < -0.4 is 10.1 Å². The molecule has 11 heteroatoms. The summed E-state index contributed by atoms with van der Waals surface area (Å²) in [6.07, 6.45) is 7.47. The van der Waals surface area contributed by atoms with Crippen molar-refractivity contribution < 1.29 is 13.9 Å². The van der Waals surface area contributed by atoms with Crippen LogP contribution in [0.3, 0.4) is 0 Å². The lowest BCUT2D eigenvalue weighted by Gasteiger charge is -2.15. The van der Waals surface area contributed by atoms with Gasteiger partial charge in [-0.05, 0) is 61.8 Å². The number of amides is 1. The van der Waals surface area contributed by atoms with Gasteiger partial charge >= 0.3 is 0 Å². The maximum absolute atomic E-state index is 14.8. The fourth-order valence-corrected chi connectivity index (χ4v) is 5.67. The Morgan fingerprint density at radius 3 is 2.76 bits per heavy atom. The maximum atomic E-state index is 14.8. The van der Waals surface area contributed by atoms with Crippen molar-refractivity contribution in [2.24, 2.45) is 5.92 Å². The molecule has 1 fully saturated rings. The third kappa shape index (κ3) is 5.99. The molecule has 5 heterocycles. The van der Waals surface area contributed by atoms with Crippen LogP contribution in [0.4, 0.5) is 10.1 Å². The SMILES string of the molecule is CC(C)C(=O)Nc1cncc(-c2cc3c(-c4nc5c(-c6cc(F)cc(OCCN7CCCC7)c6)cccc5[nH]4)n[nH]c3cn2)c1. The van der Waals surface area contributed by atoms with Crippen molar-refractivity contribution in [3.63, 3.8) is 0 Å². The molecule has 6 aromatic rings. The Hall–Kier alpha value is -5.16. The number of para-hydroxylation sites is 1. The lowest BCUT2D eigenvalue weighted by Crippen LogP contribution is -2.25. The zero-order valence-electron chi connectivity index (χ0n) is 25.1. The summed E-state index contributed by atoms with van der Waals surface area (Å²) in [7, 11) is 0. The number of rotatable bonds is 9. The van der Waals surface area contributed by atoms with Gasteiger partial charge in [0.1, 0.15) is 23.9 Å². The summed E-state index contributed by atoms with van der Waals surface area (Å²) in [5, 5.41) is 11.3. The first kappa shape index (κ1) is 28.6. The minimum absolute atomic E-state index is 0.0850. The second-order valence-electron chi connectivity index (χ2n) is 11.7. The number of ether oxygens (including phenoxy) is 1. The first-order chi connectivity index (χ1) is 21.9. The van der Waals surface area contributed by atoms with E-state index < -0.39 is 0 Å². The molecular weight excluding hydrogens is 571 g/mol. The molecule has 228 valence electrons. The topological polar surface area (TPSA) is 125 Å². The summed E-state index contributed by atoms with van der Waals surface area (Å²) in [5.74, 6) is 0.463. The maximum Gasteiger partial charge on any atom is 0.226 e. The molecule has 4 aromatic heterocycles. The average molecular weight is 605 g/mol. The zero-order valence-corrected chi connectivity index (χ0v) is 25.1. The van der Waals surface area contributed by atoms with E-state index in [1.54, 1.807) is 18.6 Å². The molecule has 7 rings (SSSR count). The van der Waals surface area contributed by atoms with Crippen molar-refractivity contribution in [2.45, 2.75) is 26.7 Å². The number of likely N-dealkylation sites (tertiary alicyclic amines) is 1. The van der Waals surface area contributed by atoms with E-state index in [2.05, 4.69) is 35.4 Å². The van der Waals surface area contributed by atoms with Crippen LogP contribution in [0.2, 0.25) is 0 Å². The molecule has 0 aliphatic carbocycles. The van der Waals surface area contributed by atoms with Crippen molar-refractivity contribution in [3.05, 3.63) is 72.9 Å². The van der Waals surface area contributed by atoms with Crippen LogP contribution in [-0.2, 0) is 4.79 Å². The highest BCUT2D eigenvalue weighted by molar-refractivity contribution is 5.98. The number of nitrogens with zero attached hydrogens (tertiary/aromatic N) is 5. The highest BCUT2D eigenvalue weighted by Gasteiger charge is 2.18. The number of pyridine rings is 2. The van der Waals surface area contributed by atoms with Gasteiger partial charge in [-0.25, -0.2) is 9.37 Å². The average Bonchev–Trinajstić information content (AvgIpc) is 3.80. The van der Waals surface area contributed by atoms with Gasteiger partial charge in [-0.3, -0.25) is 24.8 Å². The third-order valence-corrected chi connectivity index (χ3v) is 8.07. The van der Waals surface area contributed by atoms with Gasteiger partial charge in [0, 0.05) is 41.2 Å². The number of aromatic nitrogens is 6. The summed E-state index contributed by atoms with van der Waals surface area (Å²) in [6.45, 7) is 7.19. The Bertz CT molecular complexity index is 2010. The van der Waals surface area contributed by atoms with E-state index in [1.165, 1.54) is 25.0 Å². The van der Waals surface area contributed by atoms with Gasteiger partial charge in [-0.15, -0.1) is 0 Å². The molecule has 0 spiro atoms. The van der Waals surface area contributed by atoms with Gasteiger partial charge in [0.15, 0.2) is 5.82 Å². The molecule has 1 saturated heterocycles. The molecule has 1 aliphatic rings. The van der Waals surface area contributed by atoms with E-state index >= 15 is 0 Å². The largest absolute Gasteiger partial charge is 0.492 e. The van der Waals surface area contributed by atoms with E-state index in [1.807, 2.05) is 50.2 Å². The number of halogens is 1. The molecule has 1 aliphatic heterocycles. The van der Waals surface area contributed by atoms with Crippen LogP contribution >= 0.6 is 0 Å². The van der Waals surface area contributed by atoms with Crippen molar-refractivity contribution >= 4 is 33.5 Å². The van der Waals surface area contributed by atoms with Gasteiger partial charge in [0.05, 0.1) is 40.3 Å². The summed E-state index contributed by atoms with van der Waals surface area (Å²) in [4.78, 5) is 31.8. The number of imidazole rings is 1. The van der Waals surface area contributed by atoms with Gasteiger partial charge in [0.25, 0.3) is 0 Å². The predicted molar refractivity (Wildman–Crippen MR) is 172 cm³/mol. The van der Waals surface area contributed by atoms with Crippen LogP contribution in [0.1, 0.15) is 26.7 Å². The lowest BCUT2D eigenvalue weighted by atomic mass is 10.0. The Labute approximate surface area is 259 Å². The van der Waals surface area contributed by atoms with Crippen molar-refractivity contribution in [1.29, 1.82) is 0 Å². The number of carbonyl (C=O) groups is 1. The molecule has 10 nitrogen and oxygen atoms in total. The number of aromatic amines is 2.